The monoisotopic (exact) mass is 160 g/mol. The maximum Gasteiger partial charge on any atom is 0.0620 e. The minimum absolute atomic E-state index is 0.167. The Hall–Kier alpha value is 0.0500. The molecule has 2 heteroatoms. The summed E-state index contributed by atoms with van der Waals surface area (Å²) >= 11 is 1.78. The van der Waals surface area contributed by atoms with Crippen molar-refractivity contribution in [3.05, 3.63) is 11.5 Å². The Kier molecular flexibility index (Phi) is 9.10. The van der Waals surface area contributed by atoms with Crippen molar-refractivity contribution in [3.8, 4) is 0 Å². The van der Waals surface area contributed by atoms with Crippen LogP contribution in [0.1, 0.15) is 26.2 Å². The number of aliphatic hydroxyl groups excluding tert-OH is 1. The Balaban J connectivity index is 2.83. The zero-order valence-corrected chi connectivity index (χ0v) is 7.36. The molecule has 0 amide bonds. The van der Waals surface area contributed by atoms with Crippen molar-refractivity contribution in [2.75, 3.05) is 12.4 Å². The largest absolute Gasteiger partial charge is 0.392 e. The van der Waals surface area contributed by atoms with Gasteiger partial charge in [0, 0.05) is 0 Å². The highest BCUT2D eigenvalue weighted by Gasteiger charge is 1.83. The maximum atomic E-state index is 8.37. The molecule has 0 unspecified atom stereocenters. The number of thioether (sulfide) groups is 1. The van der Waals surface area contributed by atoms with Gasteiger partial charge in [0.2, 0.25) is 0 Å². The van der Waals surface area contributed by atoms with Crippen LogP contribution < -0.4 is 0 Å². The van der Waals surface area contributed by atoms with E-state index in [9.17, 15) is 0 Å². The van der Waals surface area contributed by atoms with Crippen LogP contribution in [0.5, 0.6) is 0 Å². The highest BCUT2D eigenvalue weighted by molar-refractivity contribution is 8.02. The van der Waals surface area contributed by atoms with Crippen molar-refractivity contribution in [2.24, 2.45) is 0 Å². The van der Waals surface area contributed by atoms with Crippen LogP contribution in [0, 0.1) is 0 Å². The van der Waals surface area contributed by atoms with Crippen LogP contribution in [0.2, 0.25) is 0 Å². The Bertz CT molecular complexity index is 81.3. The van der Waals surface area contributed by atoms with Gasteiger partial charge in [-0.2, -0.15) is 0 Å². The van der Waals surface area contributed by atoms with E-state index in [1.165, 1.54) is 25.0 Å². The van der Waals surface area contributed by atoms with Crippen LogP contribution in [-0.2, 0) is 0 Å². The number of hydrogen-bond donors (Lipinski definition) is 1. The predicted molar refractivity (Wildman–Crippen MR) is 48.2 cm³/mol. The summed E-state index contributed by atoms with van der Waals surface area (Å²) in [4.78, 5) is 0. The first-order valence-electron chi connectivity index (χ1n) is 3.79. The molecule has 1 N–H and O–H groups in total. The maximum absolute atomic E-state index is 8.37. The van der Waals surface area contributed by atoms with E-state index >= 15 is 0 Å². The molecule has 0 atom stereocenters. The number of aliphatic hydroxyl groups is 1. The van der Waals surface area contributed by atoms with Gasteiger partial charge in [-0.3, -0.25) is 0 Å². The molecular formula is C8H16OS. The highest BCUT2D eigenvalue weighted by Crippen LogP contribution is 2.06. The standard InChI is InChI=1S/C8H16OS/c1-2-3-4-7-10-8-5-6-9/h5,8-9H,2-4,6-7H2,1H3/b8-5-. The summed E-state index contributed by atoms with van der Waals surface area (Å²) in [6.07, 6.45) is 5.66. The van der Waals surface area contributed by atoms with E-state index < -0.39 is 0 Å². The summed E-state index contributed by atoms with van der Waals surface area (Å²) in [6, 6.07) is 0. The van der Waals surface area contributed by atoms with Crippen LogP contribution in [0.3, 0.4) is 0 Å². The van der Waals surface area contributed by atoms with Crippen molar-refractivity contribution in [3.63, 3.8) is 0 Å². The molecule has 0 aromatic carbocycles. The van der Waals surface area contributed by atoms with E-state index in [0.29, 0.717) is 0 Å². The molecule has 0 radical (unpaired) electrons. The summed E-state index contributed by atoms with van der Waals surface area (Å²) in [5.41, 5.74) is 0. The van der Waals surface area contributed by atoms with Gasteiger partial charge >= 0.3 is 0 Å². The van der Waals surface area contributed by atoms with Gasteiger partial charge in [0.15, 0.2) is 0 Å². The van der Waals surface area contributed by atoms with Crippen molar-refractivity contribution in [2.45, 2.75) is 26.2 Å². The third-order valence-electron chi connectivity index (χ3n) is 1.16. The van der Waals surface area contributed by atoms with E-state index in [0.717, 1.165) is 0 Å². The SMILES string of the molecule is CCCCCS/C=C\CO. The topological polar surface area (TPSA) is 20.2 Å². The van der Waals surface area contributed by atoms with E-state index in [4.69, 9.17) is 5.11 Å². The average Bonchev–Trinajstić information content (AvgIpc) is 1.97. The third-order valence-corrected chi connectivity index (χ3v) is 2.07. The zero-order chi connectivity index (χ0) is 7.66. The average molecular weight is 160 g/mol. The minimum Gasteiger partial charge on any atom is -0.392 e. The van der Waals surface area contributed by atoms with Crippen LogP contribution >= 0.6 is 11.8 Å². The molecule has 0 saturated heterocycles. The summed E-state index contributed by atoms with van der Waals surface area (Å²) in [5, 5.41) is 10.3. The van der Waals surface area contributed by atoms with Gasteiger partial charge in [-0.1, -0.05) is 25.8 Å². The fourth-order valence-corrected chi connectivity index (χ4v) is 1.34. The lowest BCUT2D eigenvalue weighted by Crippen LogP contribution is -1.76. The lowest BCUT2D eigenvalue weighted by Gasteiger charge is -1.92. The molecule has 1 nitrogen and oxygen atoms in total. The van der Waals surface area contributed by atoms with E-state index in [1.807, 2.05) is 5.41 Å². The van der Waals surface area contributed by atoms with Gasteiger partial charge < -0.3 is 5.11 Å². The Morgan fingerprint density at radius 3 is 2.80 bits per heavy atom. The smallest absolute Gasteiger partial charge is 0.0620 e. The van der Waals surface area contributed by atoms with Crippen molar-refractivity contribution < 1.29 is 5.11 Å². The minimum atomic E-state index is 0.167. The summed E-state index contributed by atoms with van der Waals surface area (Å²) in [7, 11) is 0. The van der Waals surface area contributed by atoms with Gasteiger partial charge in [0.05, 0.1) is 6.61 Å². The molecule has 0 aliphatic rings. The van der Waals surface area contributed by atoms with Crippen molar-refractivity contribution in [1.82, 2.24) is 0 Å². The van der Waals surface area contributed by atoms with Gasteiger partial charge in [0.1, 0.15) is 0 Å². The van der Waals surface area contributed by atoms with Crippen molar-refractivity contribution >= 4 is 11.8 Å². The van der Waals surface area contributed by atoms with Crippen LogP contribution in [-0.4, -0.2) is 17.5 Å². The Labute approximate surface area is 67.5 Å². The van der Waals surface area contributed by atoms with E-state index in [2.05, 4.69) is 6.92 Å². The van der Waals surface area contributed by atoms with Gasteiger partial charge in [-0.05, 0) is 17.6 Å². The molecule has 0 aromatic heterocycles. The van der Waals surface area contributed by atoms with E-state index in [1.54, 1.807) is 17.8 Å². The molecule has 0 heterocycles. The first-order chi connectivity index (χ1) is 4.91. The second-order valence-corrected chi connectivity index (χ2v) is 3.15. The van der Waals surface area contributed by atoms with Gasteiger partial charge in [-0.25, -0.2) is 0 Å². The normalized spacial score (nSPS) is 11.0. The summed E-state index contributed by atoms with van der Waals surface area (Å²) in [5.74, 6) is 1.18. The molecule has 0 rings (SSSR count). The number of rotatable bonds is 6. The number of hydrogen-bond acceptors (Lipinski definition) is 2. The van der Waals surface area contributed by atoms with Crippen LogP contribution in [0.15, 0.2) is 11.5 Å². The molecule has 0 bridgehead atoms. The lowest BCUT2D eigenvalue weighted by molar-refractivity contribution is 0.343. The quantitative estimate of drug-likeness (QED) is 0.602. The molecule has 60 valence electrons. The Morgan fingerprint density at radius 2 is 2.20 bits per heavy atom. The summed E-state index contributed by atoms with van der Waals surface area (Å²) < 4.78 is 0. The molecule has 0 fully saturated rings. The number of unbranched alkanes of at least 4 members (excludes halogenated alkanes) is 2. The first kappa shape index (κ1) is 10.0. The fraction of sp³-hybridized carbons (Fsp3) is 0.750. The molecule has 0 aliphatic heterocycles. The van der Waals surface area contributed by atoms with E-state index in [-0.39, 0.29) is 6.61 Å². The lowest BCUT2D eigenvalue weighted by atomic mass is 10.3. The highest BCUT2D eigenvalue weighted by atomic mass is 32.2. The van der Waals surface area contributed by atoms with Crippen LogP contribution in [0.25, 0.3) is 0 Å². The molecule has 0 aromatic rings. The third kappa shape index (κ3) is 8.05. The molecule has 0 saturated carbocycles. The van der Waals surface area contributed by atoms with Gasteiger partial charge in [-0.15, -0.1) is 11.8 Å². The first-order valence-corrected chi connectivity index (χ1v) is 4.84. The molecular weight excluding hydrogens is 144 g/mol. The van der Waals surface area contributed by atoms with Crippen molar-refractivity contribution in [1.29, 1.82) is 0 Å². The second kappa shape index (κ2) is 9.05. The summed E-state index contributed by atoms with van der Waals surface area (Å²) in [6.45, 7) is 2.37. The molecule has 0 aliphatic carbocycles. The van der Waals surface area contributed by atoms with Crippen LogP contribution in [0.4, 0.5) is 0 Å². The fourth-order valence-electron chi connectivity index (χ4n) is 0.615. The predicted octanol–water partition coefficient (Wildman–Crippen LogP) is 2.42. The van der Waals surface area contributed by atoms with Gasteiger partial charge in [0.25, 0.3) is 0 Å². The second-order valence-electron chi connectivity index (χ2n) is 2.13. The zero-order valence-electron chi connectivity index (χ0n) is 6.55. The molecule has 0 spiro atoms. The molecule has 10 heavy (non-hydrogen) atoms. The Morgan fingerprint density at radius 1 is 1.40 bits per heavy atom.